The van der Waals surface area contributed by atoms with Crippen molar-refractivity contribution in [1.29, 1.82) is 0 Å². The molecule has 10 nitrogen and oxygen atoms in total. The first-order valence-electron chi connectivity index (χ1n) is 12.0. The molecule has 0 bridgehead atoms. The maximum Gasteiger partial charge on any atom is 0.333 e. The Morgan fingerprint density at radius 2 is 1.26 bits per heavy atom. The molecule has 0 saturated heterocycles. The average molecular weight is 610 g/mol. The number of amides is 2. The van der Waals surface area contributed by atoms with Crippen molar-refractivity contribution in [3.8, 4) is 0 Å². The van der Waals surface area contributed by atoms with Crippen LogP contribution >= 0.6 is 22.7 Å². The van der Waals surface area contributed by atoms with Gasteiger partial charge in [-0.2, -0.15) is 0 Å². The molecule has 2 aliphatic rings. The summed E-state index contributed by atoms with van der Waals surface area (Å²) in [7, 11) is -7.67. The number of carbonyl (C=O) groups is 3. The van der Waals surface area contributed by atoms with Gasteiger partial charge < -0.3 is 5.32 Å². The van der Waals surface area contributed by atoms with Crippen molar-refractivity contribution in [3.63, 3.8) is 0 Å². The molecule has 1 aromatic carbocycles. The van der Waals surface area contributed by atoms with Crippen LogP contribution in [-0.4, -0.2) is 34.4 Å². The van der Waals surface area contributed by atoms with E-state index in [0.29, 0.717) is 11.1 Å². The molecule has 0 aliphatic heterocycles. The highest BCUT2D eigenvalue weighted by Gasteiger charge is 2.27. The van der Waals surface area contributed by atoms with Crippen molar-refractivity contribution in [2.45, 2.75) is 60.8 Å². The lowest BCUT2D eigenvalue weighted by Crippen LogP contribution is -2.34. The van der Waals surface area contributed by atoms with E-state index < -0.39 is 26.1 Å². The zero-order valence-corrected chi connectivity index (χ0v) is 24.5. The third-order valence-electron chi connectivity index (χ3n) is 6.45. The quantitative estimate of drug-likeness (QED) is 0.354. The fourth-order valence-corrected chi connectivity index (χ4v) is 8.34. The first-order chi connectivity index (χ1) is 18.3. The van der Waals surface area contributed by atoms with Gasteiger partial charge in [0.25, 0.3) is 10.0 Å². The topological polar surface area (TPSA) is 170 Å². The van der Waals surface area contributed by atoms with Gasteiger partial charge in [0.05, 0.1) is 0 Å². The summed E-state index contributed by atoms with van der Waals surface area (Å²) in [5, 5.41) is 10.6. The third kappa shape index (κ3) is 6.64. The number of fused-ring (bicyclic) bond motifs is 2. The number of aryl methyl sites for hydroxylation is 2. The second-order valence-corrected chi connectivity index (χ2v) is 14.8. The Labute approximate surface area is 234 Å². The van der Waals surface area contributed by atoms with E-state index >= 15 is 0 Å². The van der Waals surface area contributed by atoms with Gasteiger partial charge in [-0.3, -0.25) is 9.59 Å². The molecule has 0 unspecified atom stereocenters. The second-order valence-electron chi connectivity index (χ2n) is 9.26. The fourth-order valence-electron chi connectivity index (χ4n) is 4.57. The molecule has 14 heteroatoms. The molecule has 2 aliphatic carbocycles. The molecule has 2 amide bonds. The molecule has 39 heavy (non-hydrogen) atoms. The predicted octanol–water partition coefficient (Wildman–Crippen LogP) is 4.04. The molecule has 2 aromatic heterocycles. The number of anilines is 1. The van der Waals surface area contributed by atoms with Crippen molar-refractivity contribution in [1.82, 2.24) is 4.72 Å². The van der Waals surface area contributed by atoms with E-state index in [0.717, 1.165) is 78.0 Å². The highest BCUT2D eigenvalue weighted by Crippen LogP contribution is 2.38. The number of sulfonamides is 2. The number of thiophene rings is 2. The van der Waals surface area contributed by atoms with Gasteiger partial charge in [0.1, 0.15) is 8.42 Å². The smallest absolute Gasteiger partial charge is 0.307 e. The van der Waals surface area contributed by atoms with E-state index in [-0.39, 0.29) is 20.0 Å². The summed E-state index contributed by atoms with van der Waals surface area (Å²) in [5.74, 6) is -0.381. The molecule has 0 fully saturated rings. The van der Waals surface area contributed by atoms with Crippen LogP contribution in [-0.2, 0) is 45.7 Å². The van der Waals surface area contributed by atoms with E-state index in [1.807, 2.05) is 0 Å². The summed E-state index contributed by atoms with van der Waals surface area (Å²) in [6, 6.07) is 4.06. The number of hydrogen-bond donors (Lipinski definition) is 3. The Kier molecular flexibility index (Phi) is 8.42. The zero-order chi connectivity index (χ0) is 28.5. The van der Waals surface area contributed by atoms with Crippen LogP contribution in [0, 0.1) is 0 Å². The Balaban J connectivity index is 0.000000247. The first kappa shape index (κ1) is 29.1. The predicted molar refractivity (Wildman–Crippen MR) is 150 cm³/mol. The molecule has 0 spiro atoms. The van der Waals surface area contributed by atoms with Crippen molar-refractivity contribution in [3.05, 3.63) is 62.3 Å². The van der Waals surface area contributed by atoms with Gasteiger partial charge in [-0.1, -0.05) is 6.07 Å². The van der Waals surface area contributed by atoms with Gasteiger partial charge in [0.15, 0.2) is 11.6 Å². The summed E-state index contributed by atoms with van der Waals surface area (Å²) in [6.45, 7) is 2.74. The molecule has 0 atom stereocenters. The highest BCUT2D eigenvalue weighted by atomic mass is 32.3. The second kappa shape index (κ2) is 11.3. The van der Waals surface area contributed by atoms with E-state index in [1.165, 1.54) is 47.9 Å². The standard InChI is InChI=1S/C19H20N2O4S2.C6H7NO3S2/c1-11(22)14-9-17(26-10-14)27(24,25)21-19(23)20-18-15-6-2-4-12(15)8-13-5-3-7-16(13)18;1-4(8)5-2-6(11-3-5)12(7,9)10/h8-10H,2-7H2,1H3,(H2,20,21,23);2-3H,1H3,(H2,7,9,10). The molecule has 3 aromatic rings. The summed E-state index contributed by atoms with van der Waals surface area (Å²) in [4.78, 5) is 34.6. The van der Waals surface area contributed by atoms with Crippen molar-refractivity contribution < 1.29 is 31.2 Å². The number of ketones is 2. The summed E-state index contributed by atoms with van der Waals surface area (Å²) >= 11 is 1.87. The summed E-state index contributed by atoms with van der Waals surface area (Å²) in [5.41, 5.74) is 6.29. The highest BCUT2D eigenvalue weighted by molar-refractivity contribution is 7.92. The van der Waals surface area contributed by atoms with Gasteiger partial charge in [-0.15, -0.1) is 22.7 Å². The normalized spacial score (nSPS) is 14.1. The molecule has 208 valence electrons. The fraction of sp³-hybridized carbons (Fsp3) is 0.320. The van der Waals surface area contributed by atoms with Crippen LogP contribution < -0.4 is 15.2 Å². The molecular weight excluding hydrogens is 583 g/mol. The van der Waals surface area contributed by atoms with Crippen LogP contribution in [0.5, 0.6) is 0 Å². The Morgan fingerprint density at radius 1 is 0.769 bits per heavy atom. The average Bonchev–Trinajstić information content (AvgIpc) is 3.64. The summed E-state index contributed by atoms with van der Waals surface area (Å²) < 4.78 is 48.5. The minimum atomic E-state index is -4.02. The summed E-state index contributed by atoms with van der Waals surface area (Å²) in [6.07, 6.45) is 5.90. The number of hydrogen-bond acceptors (Lipinski definition) is 9. The van der Waals surface area contributed by atoms with Crippen LogP contribution in [0.3, 0.4) is 0 Å². The molecule has 0 radical (unpaired) electrons. The Hall–Kier alpha value is -2.91. The van der Waals surface area contributed by atoms with E-state index in [2.05, 4.69) is 16.1 Å². The number of carbonyl (C=O) groups excluding carboxylic acids is 3. The minimum absolute atomic E-state index is 0.0210. The van der Waals surface area contributed by atoms with Crippen LogP contribution in [0.4, 0.5) is 10.5 Å². The number of urea groups is 1. The SMILES string of the molecule is CC(=O)c1csc(S(=O)(=O)NC(=O)Nc2c3c(cc4c2CCC4)CCC3)c1.CC(=O)c1csc(S(N)(=O)=O)c1. The number of nitrogens with two attached hydrogens (primary N) is 1. The Morgan fingerprint density at radius 3 is 1.69 bits per heavy atom. The van der Waals surface area contributed by atoms with Crippen molar-refractivity contribution in [2.75, 3.05) is 5.32 Å². The number of nitrogens with one attached hydrogen (secondary N) is 2. The van der Waals surface area contributed by atoms with Gasteiger partial charge in [-0.05, 0) is 86.8 Å². The molecule has 0 saturated carbocycles. The van der Waals surface area contributed by atoms with Gasteiger partial charge in [-0.25, -0.2) is 31.5 Å². The largest absolute Gasteiger partial charge is 0.333 e. The number of rotatable bonds is 6. The molecule has 2 heterocycles. The van der Waals surface area contributed by atoms with Gasteiger partial charge in [0.2, 0.25) is 10.0 Å². The van der Waals surface area contributed by atoms with E-state index in [1.54, 1.807) is 0 Å². The minimum Gasteiger partial charge on any atom is -0.307 e. The van der Waals surface area contributed by atoms with Crippen LogP contribution in [0.15, 0.2) is 37.4 Å². The van der Waals surface area contributed by atoms with Crippen molar-refractivity contribution in [2.24, 2.45) is 5.14 Å². The molecular formula is C25H27N3O7S4. The van der Waals surface area contributed by atoms with E-state index in [9.17, 15) is 31.2 Å². The Bertz CT molecular complexity index is 1650. The van der Waals surface area contributed by atoms with Crippen LogP contribution in [0.1, 0.15) is 69.7 Å². The first-order valence-corrected chi connectivity index (χ1v) is 16.8. The van der Waals surface area contributed by atoms with Gasteiger partial charge in [0, 0.05) is 27.6 Å². The third-order valence-corrected chi connectivity index (χ3v) is 11.6. The molecule has 5 rings (SSSR count). The van der Waals surface area contributed by atoms with Gasteiger partial charge >= 0.3 is 6.03 Å². The lowest BCUT2D eigenvalue weighted by molar-refractivity contribution is 0.100. The van der Waals surface area contributed by atoms with E-state index in [4.69, 9.17) is 5.14 Å². The number of benzene rings is 1. The van der Waals surface area contributed by atoms with Crippen molar-refractivity contribution >= 4 is 66.0 Å². The van der Waals surface area contributed by atoms with Crippen LogP contribution in [0.2, 0.25) is 0 Å². The number of Topliss-reactive ketones (excluding diaryl/α,β-unsaturated/α-hetero) is 2. The monoisotopic (exact) mass is 609 g/mol. The maximum absolute atomic E-state index is 12.5. The zero-order valence-electron chi connectivity index (χ0n) is 21.2. The maximum atomic E-state index is 12.5. The lowest BCUT2D eigenvalue weighted by atomic mass is 9.99. The van der Waals surface area contributed by atoms with Crippen LogP contribution in [0.25, 0.3) is 0 Å². The number of primary sulfonamides is 1. The lowest BCUT2D eigenvalue weighted by Gasteiger charge is -2.16. The molecule has 4 N–H and O–H groups in total.